The maximum absolute atomic E-state index is 2.47. The largest absolute Gasteiger partial charge is 0.310 e. The van der Waals surface area contributed by atoms with E-state index in [0.29, 0.717) is 0 Å². The average molecular weight is 831 g/mol. The second-order valence-corrected chi connectivity index (χ2v) is 17.5. The molecule has 2 heteroatoms. The third kappa shape index (κ3) is 6.40. The van der Waals surface area contributed by atoms with E-state index in [-0.39, 0.29) is 0 Å². The van der Waals surface area contributed by atoms with Gasteiger partial charge in [0.2, 0.25) is 0 Å². The van der Waals surface area contributed by atoms with Crippen LogP contribution < -0.4 is 4.90 Å². The number of anilines is 3. The predicted molar refractivity (Wildman–Crippen MR) is 279 cm³/mol. The molecule has 65 heavy (non-hydrogen) atoms. The van der Waals surface area contributed by atoms with Gasteiger partial charge in [-0.1, -0.05) is 181 Å². The van der Waals surface area contributed by atoms with Gasteiger partial charge in [0.15, 0.2) is 0 Å². The van der Waals surface area contributed by atoms with Gasteiger partial charge in [0.25, 0.3) is 0 Å². The lowest BCUT2D eigenvalue weighted by Gasteiger charge is -2.26. The molecule has 2 nitrogen and oxygen atoms in total. The van der Waals surface area contributed by atoms with Gasteiger partial charge in [-0.3, -0.25) is 0 Å². The number of nitrogens with zero attached hydrogens (tertiary/aromatic N) is 2. The summed E-state index contributed by atoms with van der Waals surface area (Å²) in [5.41, 5.74) is 18.2. The van der Waals surface area contributed by atoms with Gasteiger partial charge >= 0.3 is 0 Å². The zero-order valence-corrected chi connectivity index (χ0v) is 36.8. The molecule has 1 heterocycles. The summed E-state index contributed by atoms with van der Waals surface area (Å²) in [5.74, 6) is 0. The van der Waals surface area contributed by atoms with E-state index in [0.717, 1.165) is 17.1 Å². The Hall–Kier alpha value is -8.20. The minimum absolute atomic E-state index is 1.09. The van der Waals surface area contributed by atoms with Crippen molar-refractivity contribution in [2.75, 3.05) is 4.90 Å². The lowest BCUT2D eigenvalue weighted by Crippen LogP contribution is -2.10. The van der Waals surface area contributed by atoms with Crippen LogP contribution in [-0.2, 0) is 0 Å². The van der Waals surface area contributed by atoms with Crippen LogP contribution in [0.4, 0.5) is 17.1 Å². The summed E-state index contributed by atoms with van der Waals surface area (Å²) in [7, 11) is 0. The van der Waals surface area contributed by atoms with Crippen LogP contribution in [0.15, 0.2) is 224 Å². The van der Waals surface area contributed by atoms with Gasteiger partial charge in [0, 0.05) is 27.8 Å². The smallest absolute Gasteiger partial charge is 0.0542 e. The Bertz CT molecular complexity index is 3700. The van der Waals surface area contributed by atoms with Crippen molar-refractivity contribution in [1.82, 2.24) is 4.57 Å². The highest BCUT2D eigenvalue weighted by atomic mass is 15.1. The lowest BCUT2D eigenvalue weighted by molar-refractivity contribution is 1.11. The maximum Gasteiger partial charge on any atom is 0.0542 e. The minimum atomic E-state index is 1.09. The van der Waals surface area contributed by atoms with Gasteiger partial charge in [0.05, 0.1) is 16.7 Å². The van der Waals surface area contributed by atoms with Crippen LogP contribution >= 0.6 is 0 Å². The van der Waals surface area contributed by atoms with Crippen LogP contribution in [-0.4, -0.2) is 4.57 Å². The van der Waals surface area contributed by atoms with Gasteiger partial charge in [-0.05, 0) is 146 Å². The highest BCUT2D eigenvalue weighted by Crippen LogP contribution is 2.46. The zero-order chi connectivity index (χ0) is 43.6. The van der Waals surface area contributed by atoms with Gasteiger partial charge in [-0.2, -0.15) is 0 Å². The SMILES string of the molecule is Cc1cc(C)c(-n2c3ccccc3c3cc(N(c4ccc(-c5cccc6ccccc56)cc4)c4ccc(-c5c6ccccc6c(-c6ccccc6)c6ccccc56)cc4)ccc32)c(C)c1. The molecule has 0 N–H and O–H groups in total. The number of aromatic nitrogens is 1. The van der Waals surface area contributed by atoms with E-state index in [2.05, 4.69) is 255 Å². The fraction of sp³-hybridized carbons (Fsp3) is 0.0476. The third-order valence-electron chi connectivity index (χ3n) is 13.4. The molecule has 1 aromatic heterocycles. The van der Waals surface area contributed by atoms with Crippen LogP contribution in [0.3, 0.4) is 0 Å². The van der Waals surface area contributed by atoms with Gasteiger partial charge in [-0.15, -0.1) is 0 Å². The summed E-state index contributed by atoms with van der Waals surface area (Å²) in [4.78, 5) is 2.42. The Balaban J connectivity index is 1.04. The Labute approximate surface area is 379 Å². The summed E-state index contributed by atoms with van der Waals surface area (Å²) in [6.45, 7) is 6.66. The van der Waals surface area contributed by atoms with Crippen molar-refractivity contribution in [3.63, 3.8) is 0 Å². The third-order valence-corrected chi connectivity index (χ3v) is 13.4. The van der Waals surface area contributed by atoms with E-state index >= 15 is 0 Å². The molecule has 0 atom stereocenters. The topological polar surface area (TPSA) is 8.17 Å². The molecule has 0 bridgehead atoms. The monoisotopic (exact) mass is 830 g/mol. The molecule has 0 spiro atoms. The van der Waals surface area contributed by atoms with Crippen LogP contribution in [0.2, 0.25) is 0 Å². The number of aryl methyl sites for hydroxylation is 3. The highest BCUT2D eigenvalue weighted by Gasteiger charge is 2.21. The molecule has 0 aliphatic carbocycles. The van der Waals surface area contributed by atoms with E-state index in [1.807, 2.05) is 0 Å². The molecular weight excluding hydrogens is 785 g/mol. The Morgan fingerprint density at radius 3 is 1.40 bits per heavy atom. The number of fused-ring (bicyclic) bond motifs is 6. The van der Waals surface area contributed by atoms with Crippen molar-refractivity contribution in [1.29, 1.82) is 0 Å². The number of hydrogen-bond donors (Lipinski definition) is 0. The first-order chi connectivity index (χ1) is 32.0. The van der Waals surface area contributed by atoms with E-state index in [1.54, 1.807) is 0 Å². The van der Waals surface area contributed by atoms with Crippen LogP contribution in [0.25, 0.3) is 93.2 Å². The molecule has 0 radical (unpaired) electrons. The van der Waals surface area contributed by atoms with Crippen molar-refractivity contribution < 1.29 is 0 Å². The Morgan fingerprint density at radius 1 is 0.323 bits per heavy atom. The van der Waals surface area contributed by atoms with Crippen molar-refractivity contribution >= 4 is 71.2 Å². The predicted octanol–water partition coefficient (Wildman–Crippen LogP) is 17.6. The first-order valence-electron chi connectivity index (χ1n) is 22.6. The summed E-state index contributed by atoms with van der Waals surface area (Å²) in [6.07, 6.45) is 0. The first kappa shape index (κ1) is 38.5. The average Bonchev–Trinajstić information content (AvgIpc) is 3.66. The summed E-state index contributed by atoms with van der Waals surface area (Å²) in [5, 5.41) is 9.98. The highest BCUT2D eigenvalue weighted by molar-refractivity contribution is 6.21. The molecule has 0 aliphatic heterocycles. The normalized spacial score (nSPS) is 11.6. The molecule has 0 fully saturated rings. The summed E-state index contributed by atoms with van der Waals surface area (Å²) < 4.78 is 2.47. The van der Waals surface area contributed by atoms with Crippen LogP contribution in [0.1, 0.15) is 16.7 Å². The van der Waals surface area contributed by atoms with E-state index in [9.17, 15) is 0 Å². The number of hydrogen-bond acceptors (Lipinski definition) is 1. The second-order valence-electron chi connectivity index (χ2n) is 17.5. The lowest BCUT2D eigenvalue weighted by atomic mass is 9.86. The molecule has 0 saturated carbocycles. The molecule has 0 unspecified atom stereocenters. The molecule has 12 rings (SSSR count). The number of para-hydroxylation sites is 1. The summed E-state index contributed by atoms with van der Waals surface area (Å²) in [6, 6.07) is 82.6. The van der Waals surface area contributed by atoms with E-state index in [4.69, 9.17) is 0 Å². The van der Waals surface area contributed by atoms with E-state index < -0.39 is 0 Å². The Morgan fingerprint density at radius 2 is 0.785 bits per heavy atom. The molecular formula is C63H46N2. The standard InChI is InChI=1S/C63H46N2/c1-41-38-42(2)63(43(3)39-41)65-59-27-14-13-21-53(59)58-40-50(36-37-60(58)65)64(48-32-28-45(29-33-48)52-26-15-19-44-16-7-8-20-51(44)52)49-34-30-47(31-35-49)62-56-24-11-9-22-54(56)61(46-17-5-4-6-18-46)55-23-10-12-25-57(55)62/h4-40H,1-3H3. The fourth-order valence-corrected chi connectivity index (χ4v) is 10.7. The molecule has 0 amide bonds. The number of rotatable bonds is 7. The molecule has 0 saturated heterocycles. The van der Waals surface area contributed by atoms with Crippen molar-refractivity contribution in [2.45, 2.75) is 20.8 Å². The summed E-state index contributed by atoms with van der Waals surface area (Å²) >= 11 is 0. The molecule has 308 valence electrons. The van der Waals surface area contributed by atoms with Gasteiger partial charge in [-0.25, -0.2) is 0 Å². The van der Waals surface area contributed by atoms with Gasteiger partial charge < -0.3 is 9.47 Å². The second kappa shape index (κ2) is 15.6. The minimum Gasteiger partial charge on any atom is -0.310 e. The van der Waals surface area contributed by atoms with Crippen molar-refractivity contribution in [3.05, 3.63) is 241 Å². The van der Waals surface area contributed by atoms with Gasteiger partial charge in [0.1, 0.15) is 0 Å². The number of benzene rings is 11. The fourth-order valence-electron chi connectivity index (χ4n) is 10.7. The molecule has 12 aromatic rings. The molecule has 11 aromatic carbocycles. The first-order valence-corrected chi connectivity index (χ1v) is 22.6. The molecule has 0 aliphatic rings. The van der Waals surface area contributed by atoms with E-state index in [1.165, 1.54) is 110 Å². The Kier molecular flexibility index (Phi) is 9.21. The maximum atomic E-state index is 2.47. The van der Waals surface area contributed by atoms with Crippen LogP contribution in [0, 0.1) is 20.8 Å². The van der Waals surface area contributed by atoms with Crippen LogP contribution in [0.5, 0.6) is 0 Å². The quantitative estimate of drug-likeness (QED) is 0.145. The van der Waals surface area contributed by atoms with Crippen molar-refractivity contribution in [2.24, 2.45) is 0 Å². The zero-order valence-electron chi connectivity index (χ0n) is 36.8. The van der Waals surface area contributed by atoms with Crippen molar-refractivity contribution in [3.8, 4) is 39.1 Å².